The average Bonchev–Trinajstić information content (AvgIpc) is 2.80. The summed E-state index contributed by atoms with van der Waals surface area (Å²) in [6, 6.07) is 14.6. The third-order valence-electron chi connectivity index (χ3n) is 5.83. The third kappa shape index (κ3) is 6.23. The van der Waals surface area contributed by atoms with Gasteiger partial charge in [-0.25, -0.2) is 0 Å². The quantitative estimate of drug-likeness (QED) is 0.599. The molecule has 1 atom stereocenters. The minimum Gasteiger partial charge on any atom is -0.497 e. The van der Waals surface area contributed by atoms with Crippen LogP contribution in [0.3, 0.4) is 0 Å². The van der Waals surface area contributed by atoms with Gasteiger partial charge in [-0.2, -0.15) is 0 Å². The lowest BCUT2D eigenvalue weighted by Crippen LogP contribution is -2.47. The number of halogens is 1. The number of carbonyl (C=O) groups excluding carboxylic acids is 2. The largest absolute Gasteiger partial charge is 0.497 e. The number of alkyl halides is 1. The molecule has 2 amide bonds. The Hall–Kier alpha value is -2.53. The molecular formula is C25H31ClN2O3. The van der Waals surface area contributed by atoms with Gasteiger partial charge in [0.15, 0.2) is 0 Å². The van der Waals surface area contributed by atoms with Crippen molar-refractivity contribution in [3.63, 3.8) is 0 Å². The number of aryl methyl sites for hydroxylation is 1. The van der Waals surface area contributed by atoms with E-state index in [4.69, 9.17) is 16.3 Å². The van der Waals surface area contributed by atoms with Crippen LogP contribution in [0.4, 0.5) is 0 Å². The molecule has 0 spiro atoms. The van der Waals surface area contributed by atoms with Gasteiger partial charge in [-0.05, 0) is 43.0 Å². The zero-order valence-electron chi connectivity index (χ0n) is 18.3. The molecule has 6 heteroatoms. The molecule has 0 heterocycles. The molecule has 0 aliphatic heterocycles. The van der Waals surface area contributed by atoms with Crippen LogP contribution in [0.15, 0.2) is 48.5 Å². The molecular weight excluding hydrogens is 412 g/mol. The lowest BCUT2D eigenvalue weighted by molar-refractivity contribution is -0.140. The van der Waals surface area contributed by atoms with E-state index in [-0.39, 0.29) is 23.7 Å². The standard InChI is InChI=1S/C25H31ClN2O3/c1-18-11-13-19(14-12-18)17-28(23(29)16-26)24(20-7-6-10-22(15-20)31-2)25(30)27-21-8-4-3-5-9-21/h6-7,10-15,21,24H,3-5,8-9,16-17H2,1-2H3,(H,27,30)/t24-/m0/s1. The number of ether oxygens (including phenoxy) is 1. The van der Waals surface area contributed by atoms with Crippen LogP contribution in [-0.2, 0) is 16.1 Å². The number of carbonyl (C=O) groups is 2. The second kappa shape index (κ2) is 11.2. The van der Waals surface area contributed by atoms with Gasteiger partial charge in [0, 0.05) is 12.6 Å². The number of rotatable bonds is 8. The number of benzene rings is 2. The van der Waals surface area contributed by atoms with Crippen LogP contribution in [0.25, 0.3) is 0 Å². The first-order chi connectivity index (χ1) is 15.0. The summed E-state index contributed by atoms with van der Waals surface area (Å²) < 4.78 is 5.37. The second-order valence-electron chi connectivity index (χ2n) is 8.16. The van der Waals surface area contributed by atoms with Gasteiger partial charge in [-0.3, -0.25) is 9.59 Å². The molecule has 1 fully saturated rings. The summed E-state index contributed by atoms with van der Waals surface area (Å²) in [5.41, 5.74) is 2.79. The summed E-state index contributed by atoms with van der Waals surface area (Å²) in [6.07, 6.45) is 5.37. The van der Waals surface area contributed by atoms with Crippen molar-refractivity contribution in [3.8, 4) is 5.75 Å². The zero-order chi connectivity index (χ0) is 22.2. The molecule has 3 rings (SSSR count). The summed E-state index contributed by atoms with van der Waals surface area (Å²) in [6.45, 7) is 2.31. The molecule has 0 aromatic heterocycles. The minimum atomic E-state index is -0.787. The highest BCUT2D eigenvalue weighted by Gasteiger charge is 2.33. The van der Waals surface area contributed by atoms with Crippen molar-refractivity contribution in [1.82, 2.24) is 10.2 Å². The fourth-order valence-electron chi connectivity index (χ4n) is 4.10. The smallest absolute Gasteiger partial charge is 0.247 e. The normalized spacial score (nSPS) is 15.2. The van der Waals surface area contributed by atoms with E-state index in [2.05, 4.69) is 5.32 Å². The molecule has 1 N–H and O–H groups in total. The van der Waals surface area contributed by atoms with Gasteiger partial charge in [-0.1, -0.05) is 61.2 Å². The fourth-order valence-corrected chi connectivity index (χ4v) is 4.26. The van der Waals surface area contributed by atoms with Crippen LogP contribution in [-0.4, -0.2) is 35.7 Å². The Labute approximate surface area is 189 Å². The van der Waals surface area contributed by atoms with Crippen LogP contribution in [0.1, 0.15) is 54.8 Å². The summed E-state index contributed by atoms with van der Waals surface area (Å²) in [5, 5.41) is 3.19. The van der Waals surface area contributed by atoms with Crippen molar-refractivity contribution in [2.24, 2.45) is 0 Å². The van der Waals surface area contributed by atoms with Gasteiger partial charge in [0.25, 0.3) is 0 Å². The number of hydrogen-bond acceptors (Lipinski definition) is 3. The zero-order valence-corrected chi connectivity index (χ0v) is 19.0. The van der Waals surface area contributed by atoms with Gasteiger partial charge >= 0.3 is 0 Å². The van der Waals surface area contributed by atoms with Gasteiger partial charge in [0.1, 0.15) is 17.7 Å². The van der Waals surface area contributed by atoms with Gasteiger partial charge < -0.3 is 15.0 Å². The third-order valence-corrected chi connectivity index (χ3v) is 6.06. The van der Waals surface area contributed by atoms with Crippen LogP contribution < -0.4 is 10.1 Å². The number of amides is 2. The summed E-state index contributed by atoms with van der Waals surface area (Å²) >= 11 is 5.98. The van der Waals surface area contributed by atoms with Crippen molar-refractivity contribution in [3.05, 3.63) is 65.2 Å². The number of methoxy groups -OCH3 is 1. The molecule has 2 aromatic rings. The predicted octanol–water partition coefficient (Wildman–Crippen LogP) is 4.76. The van der Waals surface area contributed by atoms with E-state index < -0.39 is 6.04 Å². The van der Waals surface area contributed by atoms with Crippen molar-refractivity contribution in [1.29, 1.82) is 0 Å². The SMILES string of the molecule is COc1cccc([C@@H](C(=O)NC2CCCCC2)N(Cc2ccc(C)cc2)C(=O)CCl)c1. The van der Waals surface area contributed by atoms with Crippen LogP contribution >= 0.6 is 11.6 Å². The van der Waals surface area contributed by atoms with Crippen LogP contribution in [0, 0.1) is 6.92 Å². The maximum atomic E-state index is 13.5. The monoisotopic (exact) mass is 442 g/mol. The van der Waals surface area contributed by atoms with E-state index in [9.17, 15) is 9.59 Å². The molecule has 166 valence electrons. The molecule has 1 aliphatic carbocycles. The van der Waals surface area contributed by atoms with Gasteiger partial charge in [-0.15, -0.1) is 11.6 Å². The molecule has 0 radical (unpaired) electrons. The molecule has 0 saturated heterocycles. The Morgan fingerprint density at radius 2 is 1.84 bits per heavy atom. The number of nitrogens with one attached hydrogen (secondary N) is 1. The first kappa shape index (κ1) is 23.1. The average molecular weight is 443 g/mol. The molecule has 31 heavy (non-hydrogen) atoms. The topological polar surface area (TPSA) is 58.6 Å². The van der Waals surface area contributed by atoms with E-state index in [1.807, 2.05) is 55.5 Å². The Morgan fingerprint density at radius 3 is 2.48 bits per heavy atom. The van der Waals surface area contributed by atoms with E-state index >= 15 is 0 Å². The van der Waals surface area contributed by atoms with Crippen LogP contribution in [0.2, 0.25) is 0 Å². The van der Waals surface area contributed by atoms with Crippen molar-refractivity contribution in [2.75, 3.05) is 13.0 Å². The first-order valence-electron chi connectivity index (χ1n) is 10.9. The highest BCUT2D eigenvalue weighted by Crippen LogP contribution is 2.28. The molecule has 0 unspecified atom stereocenters. The minimum absolute atomic E-state index is 0.140. The Balaban J connectivity index is 1.95. The van der Waals surface area contributed by atoms with Gasteiger partial charge in [0.05, 0.1) is 7.11 Å². The summed E-state index contributed by atoms with van der Waals surface area (Å²) in [5.74, 6) is -0.00980. The predicted molar refractivity (Wildman–Crippen MR) is 123 cm³/mol. The highest BCUT2D eigenvalue weighted by molar-refractivity contribution is 6.27. The van der Waals surface area contributed by atoms with E-state index in [0.29, 0.717) is 17.9 Å². The molecule has 2 aromatic carbocycles. The van der Waals surface area contributed by atoms with E-state index in [1.54, 1.807) is 12.0 Å². The highest BCUT2D eigenvalue weighted by atomic mass is 35.5. The second-order valence-corrected chi connectivity index (χ2v) is 8.43. The lowest BCUT2D eigenvalue weighted by Gasteiger charge is -2.33. The molecule has 1 aliphatic rings. The Morgan fingerprint density at radius 1 is 1.13 bits per heavy atom. The van der Waals surface area contributed by atoms with Crippen molar-refractivity contribution < 1.29 is 14.3 Å². The van der Waals surface area contributed by atoms with E-state index in [0.717, 1.165) is 36.8 Å². The fraction of sp³-hybridized carbons (Fsp3) is 0.440. The molecule has 0 bridgehead atoms. The molecule has 1 saturated carbocycles. The maximum absolute atomic E-state index is 13.5. The number of nitrogens with zero attached hydrogens (tertiary/aromatic N) is 1. The van der Waals surface area contributed by atoms with Crippen LogP contribution in [0.5, 0.6) is 5.75 Å². The van der Waals surface area contributed by atoms with Crippen molar-refractivity contribution in [2.45, 2.75) is 57.7 Å². The Bertz CT molecular complexity index is 879. The maximum Gasteiger partial charge on any atom is 0.247 e. The summed E-state index contributed by atoms with van der Waals surface area (Å²) in [7, 11) is 1.59. The number of hydrogen-bond donors (Lipinski definition) is 1. The van der Waals surface area contributed by atoms with Crippen molar-refractivity contribution >= 4 is 23.4 Å². The molecule has 5 nitrogen and oxygen atoms in total. The lowest BCUT2D eigenvalue weighted by atomic mass is 9.94. The Kier molecular flexibility index (Phi) is 8.35. The van der Waals surface area contributed by atoms with E-state index in [1.165, 1.54) is 6.42 Å². The summed E-state index contributed by atoms with van der Waals surface area (Å²) in [4.78, 5) is 28.0. The van der Waals surface area contributed by atoms with Gasteiger partial charge in [0.2, 0.25) is 11.8 Å². The first-order valence-corrected chi connectivity index (χ1v) is 11.4.